The van der Waals surface area contributed by atoms with Gasteiger partial charge in [0.2, 0.25) is 17.7 Å². The van der Waals surface area contributed by atoms with Crippen LogP contribution in [0.3, 0.4) is 0 Å². The predicted molar refractivity (Wildman–Crippen MR) is 105 cm³/mol. The van der Waals surface area contributed by atoms with Gasteiger partial charge < -0.3 is 10.6 Å². The molecule has 0 bridgehead atoms. The van der Waals surface area contributed by atoms with E-state index in [1.807, 2.05) is 17.1 Å². The van der Waals surface area contributed by atoms with Crippen molar-refractivity contribution >= 4 is 34.8 Å². The van der Waals surface area contributed by atoms with Crippen molar-refractivity contribution in [1.82, 2.24) is 0 Å². The van der Waals surface area contributed by atoms with E-state index < -0.39 is 4.92 Å². The van der Waals surface area contributed by atoms with Gasteiger partial charge in [0, 0.05) is 25.1 Å². The first-order chi connectivity index (χ1) is 13.9. The number of nitrogens with two attached hydrogens (primary N) is 1. The maximum atomic E-state index is 12.8. The fourth-order valence-electron chi connectivity index (χ4n) is 4.52. The Labute approximate surface area is 167 Å². The fourth-order valence-corrected chi connectivity index (χ4v) is 4.52. The number of carbonyl (C=O) groups excluding carboxylic acids is 3. The van der Waals surface area contributed by atoms with Crippen LogP contribution >= 0.6 is 0 Å². The molecule has 0 saturated carbocycles. The molecule has 2 atom stereocenters. The van der Waals surface area contributed by atoms with E-state index in [4.69, 9.17) is 5.73 Å². The summed E-state index contributed by atoms with van der Waals surface area (Å²) < 4.78 is 0. The van der Waals surface area contributed by atoms with E-state index in [0.29, 0.717) is 44.5 Å². The molecule has 0 radical (unpaired) electrons. The van der Waals surface area contributed by atoms with Crippen molar-refractivity contribution in [2.24, 2.45) is 23.5 Å². The van der Waals surface area contributed by atoms with Gasteiger partial charge in [-0.25, -0.2) is 4.90 Å². The van der Waals surface area contributed by atoms with E-state index in [2.05, 4.69) is 0 Å². The third kappa shape index (κ3) is 3.26. The molecule has 4 rings (SSSR count). The van der Waals surface area contributed by atoms with Crippen LogP contribution < -0.4 is 15.5 Å². The number of benzene rings is 1. The Morgan fingerprint density at radius 3 is 2.17 bits per heavy atom. The molecule has 1 aromatic rings. The largest absolute Gasteiger partial charge is 0.369 e. The van der Waals surface area contributed by atoms with Crippen LogP contribution in [-0.4, -0.2) is 35.7 Å². The molecule has 2 N–H and O–H groups in total. The number of imide groups is 1. The van der Waals surface area contributed by atoms with E-state index in [1.54, 1.807) is 12.1 Å². The van der Waals surface area contributed by atoms with Gasteiger partial charge in [0.1, 0.15) is 5.69 Å². The molecule has 3 aliphatic rings. The number of allylic oxidation sites excluding steroid dienone is 2. The molecule has 9 nitrogen and oxygen atoms in total. The normalized spacial score (nSPS) is 24.7. The molecular weight excluding hydrogens is 376 g/mol. The number of nitrogens with zero attached hydrogens (tertiary/aromatic N) is 3. The zero-order valence-corrected chi connectivity index (χ0v) is 15.8. The maximum absolute atomic E-state index is 12.8. The van der Waals surface area contributed by atoms with Gasteiger partial charge in [0.05, 0.1) is 22.4 Å². The second kappa shape index (κ2) is 7.31. The standard InChI is InChI=1S/C20H22N4O5/c21-18(25)12-7-9-22(10-8-12)16-6-5-13(11-17(16)24(28)29)23-19(26)14-3-1-2-4-15(14)20(23)27/h1-2,5-6,11-12,14-15H,3-4,7-10H2,(H2,21,25). The van der Waals surface area contributed by atoms with Gasteiger partial charge in [0.25, 0.3) is 5.69 Å². The minimum Gasteiger partial charge on any atom is -0.369 e. The van der Waals surface area contributed by atoms with E-state index in [9.17, 15) is 24.5 Å². The molecule has 2 fully saturated rings. The number of hydrogen-bond acceptors (Lipinski definition) is 6. The summed E-state index contributed by atoms with van der Waals surface area (Å²) in [4.78, 5) is 51.1. The monoisotopic (exact) mass is 398 g/mol. The summed E-state index contributed by atoms with van der Waals surface area (Å²) in [5.74, 6) is -1.95. The fraction of sp³-hybridized carbons (Fsp3) is 0.450. The van der Waals surface area contributed by atoms with E-state index in [-0.39, 0.29) is 46.9 Å². The van der Waals surface area contributed by atoms with E-state index >= 15 is 0 Å². The first-order valence-corrected chi connectivity index (χ1v) is 9.74. The highest BCUT2D eigenvalue weighted by molar-refractivity contribution is 6.22. The molecule has 0 aromatic heterocycles. The van der Waals surface area contributed by atoms with Gasteiger partial charge in [-0.15, -0.1) is 0 Å². The number of carbonyl (C=O) groups is 3. The number of fused-ring (bicyclic) bond motifs is 1. The molecule has 2 heterocycles. The van der Waals surface area contributed by atoms with Gasteiger partial charge in [-0.3, -0.25) is 24.5 Å². The summed E-state index contributed by atoms with van der Waals surface area (Å²) in [6.45, 7) is 0.955. The summed E-state index contributed by atoms with van der Waals surface area (Å²) in [6.07, 6.45) is 5.90. The van der Waals surface area contributed by atoms with Crippen molar-refractivity contribution in [2.75, 3.05) is 22.9 Å². The Balaban J connectivity index is 1.62. The topological polar surface area (TPSA) is 127 Å². The molecule has 2 saturated heterocycles. The van der Waals surface area contributed by atoms with Crippen LogP contribution in [0, 0.1) is 27.9 Å². The number of nitro groups is 1. The molecule has 152 valence electrons. The molecular formula is C20H22N4O5. The van der Waals surface area contributed by atoms with Gasteiger partial charge in [-0.05, 0) is 37.8 Å². The van der Waals surface area contributed by atoms with Crippen LogP contribution in [0.25, 0.3) is 0 Å². The first kappa shape index (κ1) is 19.1. The highest BCUT2D eigenvalue weighted by Gasteiger charge is 2.48. The Morgan fingerprint density at radius 2 is 1.66 bits per heavy atom. The molecule has 2 aliphatic heterocycles. The Morgan fingerprint density at radius 1 is 1.07 bits per heavy atom. The maximum Gasteiger partial charge on any atom is 0.294 e. The van der Waals surface area contributed by atoms with Gasteiger partial charge in [0.15, 0.2) is 0 Å². The molecule has 1 aliphatic carbocycles. The van der Waals surface area contributed by atoms with Crippen molar-refractivity contribution in [1.29, 1.82) is 0 Å². The zero-order chi connectivity index (χ0) is 20.7. The van der Waals surface area contributed by atoms with Crippen molar-refractivity contribution in [2.45, 2.75) is 25.7 Å². The van der Waals surface area contributed by atoms with Crippen molar-refractivity contribution < 1.29 is 19.3 Å². The van der Waals surface area contributed by atoms with Crippen LogP contribution in [0.1, 0.15) is 25.7 Å². The Hall–Kier alpha value is -3.23. The summed E-state index contributed by atoms with van der Waals surface area (Å²) in [6, 6.07) is 4.47. The molecule has 3 amide bonds. The smallest absolute Gasteiger partial charge is 0.294 e. The quantitative estimate of drug-likeness (QED) is 0.356. The lowest BCUT2D eigenvalue weighted by atomic mass is 9.85. The van der Waals surface area contributed by atoms with Crippen LogP contribution in [0.2, 0.25) is 0 Å². The zero-order valence-electron chi connectivity index (χ0n) is 15.8. The lowest BCUT2D eigenvalue weighted by molar-refractivity contribution is -0.384. The second-order valence-corrected chi connectivity index (χ2v) is 7.76. The number of rotatable bonds is 4. The summed E-state index contributed by atoms with van der Waals surface area (Å²) >= 11 is 0. The minimum absolute atomic E-state index is 0.159. The van der Waals surface area contributed by atoms with Gasteiger partial charge in [-0.2, -0.15) is 0 Å². The third-order valence-electron chi connectivity index (χ3n) is 6.16. The Kier molecular flexibility index (Phi) is 4.81. The highest BCUT2D eigenvalue weighted by atomic mass is 16.6. The number of hydrogen-bond donors (Lipinski definition) is 1. The SMILES string of the molecule is NC(=O)C1CCN(c2ccc(N3C(=O)C4CC=CCC4C3=O)cc2[N+](=O)[O-])CC1. The average Bonchev–Trinajstić information content (AvgIpc) is 2.98. The summed E-state index contributed by atoms with van der Waals surface area (Å²) in [7, 11) is 0. The number of anilines is 2. The lowest BCUT2D eigenvalue weighted by Crippen LogP contribution is -2.38. The Bertz CT molecular complexity index is 893. The molecule has 0 spiro atoms. The minimum atomic E-state index is -0.501. The third-order valence-corrected chi connectivity index (χ3v) is 6.16. The second-order valence-electron chi connectivity index (χ2n) is 7.76. The number of nitro benzene ring substituents is 1. The van der Waals surface area contributed by atoms with Crippen LogP contribution in [0.5, 0.6) is 0 Å². The van der Waals surface area contributed by atoms with E-state index in [1.165, 1.54) is 6.07 Å². The summed E-state index contributed by atoms with van der Waals surface area (Å²) in [5, 5.41) is 11.7. The number of amides is 3. The van der Waals surface area contributed by atoms with E-state index in [0.717, 1.165) is 4.90 Å². The molecule has 1 aromatic carbocycles. The van der Waals surface area contributed by atoms with Crippen molar-refractivity contribution in [3.63, 3.8) is 0 Å². The molecule has 29 heavy (non-hydrogen) atoms. The number of piperidine rings is 1. The van der Waals surface area contributed by atoms with Gasteiger partial charge >= 0.3 is 0 Å². The molecule has 9 heteroatoms. The van der Waals surface area contributed by atoms with Crippen molar-refractivity contribution in [3.05, 3.63) is 40.5 Å². The van der Waals surface area contributed by atoms with Crippen LogP contribution in [0.4, 0.5) is 17.1 Å². The summed E-state index contributed by atoms with van der Waals surface area (Å²) in [5.41, 5.74) is 5.85. The predicted octanol–water partition coefficient (Wildman–Crippen LogP) is 1.75. The first-order valence-electron chi connectivity index (χ1n) is 9.74. The average molecular weight is 398 g/mol. The van der Waals surface area contributed by atoms with Gasteiger partial charge in [-0.1, -0.05) is 12.2 Å². The molecule has 2 unspecified atom stereocenters. The van der Waals surface area contributed by atoms with Crippen LogP contribution in [-0.2, 0) is 14.4 Å². The number of primary amides is 1. The van der Waals surface area contributed by atoms with Crippen molar-refractivity contribution in [3.8, 4) is 0 Å². The lowest BCUT2D eigenvalue weighted by Gasteiger charge is -2.32. The highest BCUT2D eigenvalue weighted by Crippen LogP contribution is 2.40. The van der Waals surface area contributed by atoms with Crippen LogP contribution in [0.15, 0.2) is 30.4 Å².